The number of carbonyl (C=O) groups excluding carboxylic acids is 3. The van der Waals surface area contributed by atoms with E-state index in [0.717, 1.165) is 18.9 Å². The number of carbonyl (C=O) groups is 3. The van der Waals surface area contributed by atoms with Crippen molar-refractivity contribution in [2.24, 2.45) is 11.8 Å². The first-order chi connectivity index (χ1) is 24.5. The number of rotatable bonds is 8. The van der Waals surface area contributed by atoms with Crippen LogP contribution in [0.4, 0.5) is 21.5 Å². The average Bonchev–Trinajstić information content (AvgIpc) is 3.56. The van der Waals surface area contributed by atoms with Crippen molar-refractivity contribution in [3.8, 4) is 0 Å². The maximum absolute atomic E-state index is 16.4. The second-order valence-corrected chi connectivity index (χ2v) is 13.8. The molecule has 1 aliphatic carbocycles. The zero-order chi connectivity index (χ0) is 36.2. The van der Waals surface area contributed by atoms with Crippen LogP contribution < -0.4 is 10.2 Å². The minimum atomic E-state index is -1.60. The summed E-state index contributed by atoms with van der Waals surface area (Å²) in [6, 6.07) is 12.7. The third-order valence-corrected chi connectivity index (χ3v) is 10.9. The Hall–Kier alpha value is -4.78. The van der Waals surface area contributed by atoms with E-state index in [2.05, 4.69) is 5.32 Å². The van der Waals surface area contributed by atoms with Gasteiger partial charge in [-0.2, -0.15) is 0 Å². The Labute approximate surface area is 302 Å². The molecule has 3 aromatic rings. The minimum Gasteiger partial charge on any atom is -0.498 e. The van der Waals surface area contributed by atoms with Crippen LogP contribution in [0.25, 0.3) is 0 Å². The van der Waals surface area contributed by atoms with Crippen LogP contribution in [0.2, 0.25) is 10.0 Å². The Balaban J connectivity index is 1.43. The zero-order valence-electron chi connectivity index (χ0n) is 27.6. The molecule has 4 aliphatic rings. The van der Waals surface area contributed by atoms with E-state index in [9.17, 15) is 19.7 Å². The third kappa shape index (κ3) is 5.56. The van der Waals surface area contributed by atoms with Crippen molar-refractivity contribution in [2.75, 3.05) is 37.0 Å². The van der Waals surface area contributed by atoms with Gasteiger partial charge in [-0.25, -0.2) is 9.18 Å². The fraction of sp³-hybridized carbons (Fsp3) is 0.324. The molecule has 7 rings (SSSR count). The fourth-order valence-corrected chi connectivity index (χ4v) is 8.78. The van der Waals surface area contributed by atoms with E-state index in [0.29, 0.717) is 35.8 Å². The van der Waals surface area contributed by atoms with Gasteiger partial charge in [-0.3, -0.25) is 24.6 Å². The number of benzene rings is 3. The summed E-state index contributed by atoms with van der Waals surface area (Å²) in [6.07, 6.45) is 6.65. The molecule has 0 aromatic heterocycles. The molecule has 3 aromatic carbocycles. The molecule has 264 valence electrons. The van der Waals surface area contributed by atoms with Crippen LogP contribution in [0, 0.1) is 27.8 Å². The molecule has 1 N–H and O–H groups in total. The van der Waals surface area contributed by atoms with Crippen molar-refractivity contribution in [2.45, 2.75) is 37.3 Å². The number of nitrogens with one attached hydrogen (secondary N) is 1. The van der Waals surface area contributed by atoms with Gasteiger partial charge in [0.05, 0.1) is 40.9 Å². The van der Waals surface area contributed by atoms with Crippen molar-refractivity contribution < 1.29 is 33.2 Å². The van der Waals surface area contributed by atoms with Crippen LogP contribution in [-0.2, 0) is 24.6 Å². The van der Waals surface area contributed by atoms with Crippen LogP contribution in [-0.4, -0.2) is 60.5 Å². The van der Waals surface area contributed by atoms with Crippen LogP contribution in [0.5, 0.6) is 0 Å². The number of fused-ring (bicyclic) bond motifs is 3. The van der Waals surface area contributed by atoms with Gasteiger partial charge in [0, 0.05) is 53.8 Å². The number of hydrogen-bond acceptors (Lipinski definition) is 8. The molecule has 3 aliphatic heterocycles. The number of nitro groups is 1. The number of allylic oxidation sites excluding steroid dienone is 3. The molecule has 5 atom stereocenters. The number of hydrogen-bond donors (Lipinski definition) is 1. The van der Waals surface area contributed by atoms with E-state index >= 15 is 9.18 Å². The highest BCUT2D eigenvalue weighted by Crippen LogP contribution is 2.62. The second-order valence-electron chi connectivity index (χ2n) is 12.9. The first kappa shape index (κ1) is 34.7. The third-order valence-electron chi connectivity index (χ3n) is 10.4. The molecule has 0 radical (unpaired) electrons. The number of piperidine rings is 1. The van der Waals surface area contributed by atoms with Gasteiger partial charge in [-0.15, -0.1) is 0 Å². The van der Waals surface area contributed by atoms with Gasteiger partial charge in [0.25, 0.3) is 5.69 Å². The molecule has 2 unspecified atom stereocenters. The Bertz CT molecular complexity index is 2040. The molecule has 11 nitrogen and oxygen atoms in total. The number of amides is 2. The SMILES string of the molecule is CCOC1=CC=CC(CN2[C@@H]3CCN(c4ccc(C(=O)OC)cc4[N+](=O)[O-])C(=O)[C@@H]3C(c3cccc(Cl)c3F)[C@@]23C(=O)Nc2cc(Cl)ccc23)C1. The van der Waals surface area contributed by atoms with Crippen molar-refractivity contribution in [3.63, 3.8) is 0 Å². The molecule has 14 heteroatoms. The van der Waals surface area contributed by atoms with Gasteiger partial charge in [-0.1, -0.05) is 53.6 Å². The Morgan fingerprint density at radius 1 is 1.16 bits per heavy atom. The first-order valence-corrected chi connectivity index (χ1v) is 17.3. The number of esters is 1. The van der Waals surface area contributed by atoms with Gasteiger partial charge in [0.15, 0.2) is 0 Å². The molecule has 0 saturated carbocycles. The van der Waals surface area contributed by atoms with Crippen molar-refractivity contribution in [1.82, 2.24) is 4.90 Å². The van der Waals surface area contributed by atoms with Crippen LogP contribution >= 0.6 is 23.2 Å². The lowest BCUT2D eigenvalue weighted by atomic mass is 9.70. The molecular formula is C37H33Cl2FN4O7. The van der Waals surface area contributed by atoms with Gasteiger partial charge in [0.2, 0.25) is 11.8 Å². The molecule has 3 heterocycles. The van der Waals surface area contributed by atoms with Crippen molar-refractivity contribution >= 4 is 58.0 Å². The van der Waals surface area contributed by atoms with Crippen molar-refractivity contribution in [3.05, 3.63) is 121 Å². The monoisotopic (exact) mass is 734 g/mol. The first-order valence-electron chi connectivity index (χ1n) is 16.5. The van der Waals surface area contributed by atoms with E-state index in [1.54, 1.807) is 24.3 Å². The minimum absolute atomic E-state index is 0.0290. The number of methoxy groups -OCH3 is 1. The summed E-state index contributed by atoms with van der Waals surface area (Å²) < 4.78 is 27.0. The highest BCUT2D eigenvalue weighted by atomic mass is 35.5. The number of nitro benzene ring substituents is 1. The van der Waals surface area contributed by atoms with E-state index in [-0.39, 0.29) is 40.7 Å². The van der Waals surface area contributed by atoms with E-state index < -0.39 is 57.6 Å². The quantitative estimate of drug-likeness (QED) is 0.149. The predicted octanol–water partition coefficient (Wildman–Crippen LogP) is 6.99. The van der Waals surface area contributed by atoms with Crippen LogP contribution in [0.1, 0.15) is 47.2 Å². The molecule has 2 amide bonds. The summed E-state index contributed by atoms with van der Waals surface area (Å²) in [5.41, 5.74) is -1.12. The smallest absolute Gasteiger partial charge is 0.338 e. The average molecular weight is 736 g/mol. The van der Waals surface area contributed by atoms with Crippen LogP contribution in [0.3, 0.4) is 0 Å². The summed E-state index contributed by atoms with van der Waals surface area (Å²) in [6.45, 7) is 2.73. The van der Waals surface area contributed by atoms with Gasteiger partial charge >= 0.3 is 5.97 Å². The lowest BCUT2D eigenvalue weighted by molar-refractivity contribution is -0.384. The highest BCUT2D eigenvalue weighted by molar-refractivity contribution is 6.31. The van der Waals surface area contributed by atoms with E-state index in [4.69, 9.17) is 32.7 Å². The number of likely N-dealkylation sites (tertiary alicyclic amines) is 1. The second kappa shape index (κ2) is 13.4. The normalized spacial score (nSPS) is 25.4. The fourth-order valence-electron chi connectivity index (χ4n) is 8.42. The molecule has 1 spiro atoms. The summed E-state index contributed by atoms with van der Waals surface area (Å²) in [5.74, 6) is -4.07. The maximum atomic E-state index is 16.4. The summed E-state index contributed by atoms with van der Waals surface area (Å²) in [7, 11) is 1.16. The maximum Gasteiger partial charge on any atom is 0.338 e. The van der Waals surface area contributed by atoms with Gasteiger partial charge in [0.1, 0.15) is 17.0 Å². The molecule has 51 heavy (non-hydrogen) atoms. The zero-order valence-corrected chi connectivity index (χ0v) is 29.1. The highest BCUT2D eigenvalue weighted by Gasteiger charge is 2.70. The van der Waals surface area contributed by atoms with E-state index in [1.807, 2.05) is 30.1 Å². The predicted molar refractivity (Wildman–Crippen MR) is 188 cm³/mol. The van der Waals surface area contributed by atoms with Crippen LogP contribution in [0.15, 0.2) is 78.6 Å². The molecule has 2 fully saturated rings. The van der Waals surface area contributed by atoms with Gasteiger partial charge in [-0.05, 0) is 61.2 Å². The number of nitrogens with zero attached hydrogens (tertiary/aromatic N) is 3. The Morgan fingerprint density at radius 2 is 1.96 bits per heavy atom. The number of ether oxygens (including phenoxy) is 2. The Morgan fingerprint density at radius 3 is 2.71 bits per heavy atom. The molecule has 2 saturated heterocycles. The number of anilines is 2. The lowest BCUT2D eigenvalue weighted by Gasteiger charge is -2.42. The largest absolute Gasteiger partial charge is 0.498 e. The summed E-state index contributed by atoms with van der Waals surface area (Å²) in [5, 5.41) is 15.5. The lowest BCUT2D eigenvalue weighted by Crippen LogP contribution is -2.54. The van der Waals surface area contributed by atoms with Crippen molar-refractivity contribution in [1.29, 1.82) is 0 Å². The number of halogens is 3. The summed E-state index contributed by atoms with van der Waals surface area (Å²) >= 11 is 12.8. The standard InChI is InChI=1S/C37H33Cl2FN4O7/c1-3-51-23-7-4-6-20(16-23)19-43-29-14-15-42(28-13-10-21(35(46)50-2)17-30(28)44(48)49)34(45)31(29)32(24-8-5-9-26(39)33(24)40)37(43)25-12-11-22(38)18-27(25)41-36(37)47/h4-13,17-18,20,29,31-32H,3,14-16,19H2,1-2H3,(H,41,47)/t20?,29-,31+,32?,37+/m1/s1. The molecular weight excluding hydrogens is 702 g/mol. The van der Waals surface area contributed by atoms with Gasteiger partial charge < -0.3 is 19.7 Å². The topological polar surface area (TPSA) is 131 Å². The van der Waals surface area contributed by atoms with E-state index in [1.165, 1.54) is 29.2 Å². The Kier molecular flexibility index (Phi) is 9.11. The summed E-state index contributed by atoms with van der Waals surface area (Å²) in [4.78, 5) is 57.1. The molecule has 0 bridgehead atoms.